The summed E-state index contributed by atoms with van der Waals surface area (Å²) in [5.74, 6) is -0.258. The minimum absolute atomic E-state index is 0.258. The second-order valence-corrected chi connectivity index (χ2v) is 6.46. The Morgan fingerprint density at radius 2 is 1.81 bits per heavy atom. The zero-order chi connectivity index (χ0) is 18.7. The van der Waals surface area contributed by atoms with Crippen molar-refractivity contribution in [3.8, 4) is 16.9 Å². The first-order valence-corrected chi connectivity index (χ1v) is 8.87. The third-order valence-electron chi connectivity index (χ3n) is 4.30. The summed E-state index contributed by atoms with van der Waals surface area (Å²) >= 11 is 6.04. The highest BCUT2D eigenvalue weighted by Gasteiger charge is 2.20. The normalized spacial score (nSPS) is 10.8. The first-order chi connectivity index (χ1) is 12.5. The van der Waals surface area contributed by atoms with E-state index in [1.165, 1.54) is 0 Å². The molecule has 0 spiro atoms. The molecule has 0 saturated carbocycles. The number of aromatic nitrogens is 1. The number of amides is 1. The lowest BCUT2D eigenvalue weighted by molar-refractivity contribution is 0.0364. The predicted molar refractivity (Wildman–Crippen MR) is 105 cm³/mol. The molecule has 134 valence electrons. The number of aryl methyl sites for hydroxylation is 1. The molecule has 0 aliphatic rings. The Kier molecular flexibility index (Phi) is 5.45. The quantitative estimate of drug-likeness (QED) is 0.637. The van der Waals surface area contributed by atoms with Crippen LogP contribution in [0.4, 0.5) is 0 Å². The molecule has 0 unspecified atom stereocenters. The monoisotopic (exact) mass is 368 g/mol. The number of nitrogens with one attached hydrogen (secondary N) is 1. The Balaban J connectivity index is 2.20. The van der Waals surface area contributed by atoms with Crippen LogP contribution in [0.15, 0.2) is 54.6 Å². The van der Waals surface area contributed by atoms with Crippen molar-refractivity contribution in [2.45, 2.75) is 20.8 Å². The zero-order valence-electron chi connectivity index (χ0n) is 15.0. The van der Waals surface area contributed by atoms with E-state index in [4.69, 9.17) is 16.4 Å². The molecule has 1 amide bonds. The lowest BCUT2D eigenvalue weighted by Crippen LogP contribution is -2.24. The zero-order valence-corrected chi connectivity index (χ0v) is 15.8. The van der Waals surface area contributed by atoms with E-state index < -0.39 is 0 Å². The van der Waals surface area contributed by atoms with E-state index in [0.29, 0.717) is 17.2 Å². The summed E-state index contributed by atoms with van der Waals surface area (Å²) in [7, 11) is 0. The van der Waals surface area contributed by atoms with Gasteiger partial charge in [0.05, 0.1) is 17.9 Å². The molecule has 1 heterocycles. The molecular formula is C21H21ClN2O2. The van der Waals surface area contributed by atoms with Crippen molar-refractivity contribution in [2.24, 2.45) is 0 Å². The van der Waals surface area contributed by atoms with E-state index >= 15 is 0 Å². The van der Waals surface area contributed by atoms with Crippen LogP contribution in [0.3, 0.4) is 0 Å². The van der Waals surface area contributed by atoms with Gasteiger partial charge >= 0.3 is 0 Å². The first kappa shape index (κ1) is 18.2. The third-order valence-corrected chi connectivity index (χ3v) is 4.55. The minimum atomic E-state index is -0.258. The fraction of sp³-hybridized carbons (Fsp3) is 0.190. The van der Waals surface area contributed by atoms with Gasteiger partial charge in [0, 0.05) is 16.4 Å². The van der Waals surface area contributed by atoms with Crippen molar-refractivity contribution in [3.05, 3.63) is 76.4 Å². The molecule has 3 aromatic rings. The van der Waals surface area contributed by atoms with Crippen LogP contribution < -0.4 is 5.48 Å². The van der Waals surface area contributed by atoms with E-state index in [1.54, 1.807) is 0 Å². The van der Waals surface area contributed by atoms with E-state index in [9.17, 15) is 4.79 Å². The summed E-state index contributed by atoms with van der Waals surface area (Å²) < 4.78 is 2.10. The molecule has 2 aromatic carbocycles. The fourth-order valence-corrected chi connectivity index (χ4v) is 3.11. The lowest BCUT2D eigenvalue weighted by atomic mass is 10.1. The van der Waals surface area contributed by atoms with Crippen molar-refractivity contribution < 1.29 is 9.63 Å². The van der Waals surface area contributed by atoms with Crippen LogP contribution >= 0.6 is 11.6 Å². The van der Waals surface area contributed by atoms with Gasteiger partial charge in [-0.15, -0.1) is 0 Å². The van der Waals surface area contributed by atoms with Crippen LogP contribution in [0.1, 0.15) is 28.5 Å². The van der Waals surface area contributed by atoms with Crippen molar-refractivity contribution >= 4 is 17.5 Å². The van der Waals surface area contributed by atoms with E-state index in [1.807, 2.05) is 62.4 Å². The van der Waals surface area contributed by atoms with Gasteiger partial charge in [0.15, 0.2) is 0 Å². The Labute approximate surface area is 158 Å². The number of hydrogen-bond donors (Lipinski definition) is 1. The number of rotatable bonds is 5. The lowest BCUT2D eigenvalue weighted by Gasteiger charge is -2.15. The third kappa shape index (κ3) is 3.52. The average molecular weight is 369 g/mol. The summed E-state index contributed by atoms with van der Waals surface area (Å²) in [4.78, 5) is 17.6. The van der Waals surface area contributed by atoms with Crippen LogP contribution in [-0.4, -0.2) is 17.1 Å². The number of para-hydroxylation sites is 1. The average Bonchev–Trinajstić information content (AvgIpc) is 2.98. The molecule has 5 heteroatoms. The van der Waals surface area contributed by atoms with Gasteiger partial charge in [-0.2, -0.15) is 0 Å². The SMILES string of the molecule is CCONC(=O)c1cc(-c2ccc(Cl)cc2)n(-c2ccccc2C)c1C. The van der Waals surface area contributed by atoms with Crippen molar-refractivity contribution in [1.29, 1.82) is 0 Å². The Hall–Kier alpha value is -2.56. The summed E-state index contributed by atoms with van der Waals surface area (Å²) in [6.45, 7) is 6.23. The topological polar surface area (TPSA) is 43.3 Å². The first-order valence-electron chi connectivity index (χ1n) is 8.49. The molecule has 0 bridgehead atoms. The number of carbonyl (C=O) groups is 1. The highest BCUT2D eigenvalue weighted by atomic mass is 35.5. The minimum Gasteiger partial charge on any atom is -0.313 e. The van der Waals surface area contributed by atoms with Gasteiger partial charge in [0.25, 0.3) is 5.91 Å². The van der Waals surface area contributed by atoms with Crippen molar-refractivity contribution in [2.75, 3.05) is 6.61 Å². The maximum atomic E-state index is 12.5. The number of hydrogen-bond acceptors (Lipinski definition) is 2. The predicted octanol–water partition coefficient (Wildman–Crippen LogP) is 5.10. The van der Waals surface area contributed by atoms with E-state index in [-0.39, 0.29) is 5.91 Å². The second-order valence-electron chi connectivity index (χ2n) is 6.02. The van der Waals surface area contributed by atoms with Gasteiger partial charge < -0.3 is 4.57 Å². The molecular weight excluding hydrogens is 348 g/mol. The molecule has 0 aliphatic carbocycles. The number of carbonyl (C=O) groups excluding carboxylic acids is 1. The molecule has 0 fully saturated rings. The van der Waals surface area contributed by atoms with Crippen molar-refractivity contribution in [3.63, 3.8) is 0 Å². The molecule has 0 saturated heterocycles. The van der Waals surface area contributed by atoms with Crippen molar-refractivity contribution in [1.82, 2.24) is 10.0 Å². The second kappa shape index (κ2) is 7.77. The van der Waals surface area contributed by atoms with E-state index in [2.05, 4.69) is 23.0 Å². The fourth-order valence-electron chi connectivity index (χ4n) is 2.99. The Morgan fingerprint density at radius 3 is 2.46 bits per heavy atom. The van der Waals surface area contributed by atoms with E-state index in [0.717, 1.165) is 28.2 Å². The smallest absolute Gasteiger partial charge is 0.276 e. The molecule has 3 rings (SSSR count). The Bertz CT molecular complexity index is 930. The summed E-state index contributed by atoms with van der Waals surface area (Å²) in [5, 5.41) is 0.675. The summed E-state index contributed by atoms with van der Waals surface area (Å²) in [6.07, 6.45) is 0. The van der Waals surface area contributed by atoms with Gasteiger partial charge in [-0.25, -0.2) is 5.48 Å². The highest BCUT2D eigenvalue weighted by molar-refractivity contribution is 6.30. The molecule has 0 radical (unpaired) electrons. The largest absolute Gasteiger partial charge is 0.313 e. The van der Waals surface area contributed by atoms with Crippen LogP contribution in [0, 0.1) is 13.8 Å². The summed E-state index contributed by atoms with van der Waals surface area (Å²) in [5.41, 5.74) is 7.97. The molecule has 0 atom stereocenters. The van der Waals surface area contributed by atoms with Gasteiger partial charge in [0.1, 0.15) is 0 Å². The van der Waals surface area contributed by atoms with Crippen LogP contribution in [0.2, 0.25) is 5.02 Å². The van der Waals surface area contributed by atoms with Gasteiger partial charge in [-0.05, 0) is 56.2 Å². The highest BCUT2D eigenvalue weighted by Crippen LogP contribution is 2.31. The van der Waals surface area contributed by atoms with Crippen LogP contribution in [-0.2, 0) is 4.84 Å². The molecule has 26 heavy (non-hydrogen) atoms. The standard InChI is InChI=1S/C21H21ClN2O2/c1-4-26-23-21(25)18-13-20(16-9-11-17(22)12-10-16)24(15(18)3)19-8-6-5-7-14(19)2/h5-13H,4H2,1-3H3,(H,23,25). The Morgan fingerprint density at radius 1 is 1.12 bits per heavy atom. The van der Waals surface area contributed by atoms with Crippen LogP contribution in [0.5, 0.6) is 0 Å². The summed E-state index contributed by atoms with van der Waals surface area (Å²) in [6, 6.07) is 17.6. The number of halogens is 1. The molecule has 4 nitrogen and oxygen atoms in total. The number of nitrogens with zero attached hydrogens (tertiary/aromatic N) is 1. The van der Waals surface area contributed by atoms with Gasteiger partial charge in [0.2, 0.25) is 0 Å². The maximum Gasteiger partial charge on any atom is 0.276 e. The molecule has 1 aromatic heterocycles. The van der Waals surface area contributed by atoms with Gasteiger partial charge in [-0.3, -0.25) is 9.63 Å². The van der Waals surface area contributed by atoms with Gasteiger partial charge in [-0.1, -0.05) is 41.9 Å². The molecule has 0 aliphatic heterocycles. The number of hydroxylamine groups is 1. The molecule has 1 N–H and O–H groups in total. The number of benzene rings is 2. The maximum absolute atomic E-state index is 12.5. The van der Waals surface area contributed by atoms with Crippen LogP contribution in [0.25, 0.3) is 16.9 Å².